The molecule has 0 aliphatic heterocycles. The lowest BCUT2D eigenvalue weighted by atomic mass is 10.2. The Hall–Kier alpha value is -1.52. The van der Waals surface area contributed by atoms with Gasteiger partial charge < -0.3 is 10.4 Å². The van der Waals surface area contributed by atoms with Gasteiger partial charge in [-0.15, -0.1) is 0 Å². The predicted octanol–water partition coefficient (Wildman–Crippen LogP) is 3.54. The van der Waals surface area contributed by atoms with E-state index in [1.165, 1.54) is 0 Å². The fraction of sp³-hybridized carbons (Fsp3) is 0.200. The standard InChI is InChI=1S/C15H16ClNO2S/c1-20(19)10-12-8-13(4-7-15(12)16)17-9-11-2-5-14(18)6-3-11/h2-8,17-18H,9-10H2,1H3. The number of aromatic hydroxyl groups is 1. The van der Waals surface area contributed by atoms with Crippen LogP contribution in [0.5, 0.6) is 5.75 Å². The molecule has 1 unspecified atom stereocenters. The number of halogens is 1. The van der Waals surface area contributed by atoms with Gasteiger partial charge in [0.25, 0.3) is 0 Å². The summed E-state index contributed by atoms with van der Waals surface area (Å²) in [6.45, 7) is 0.649. The highest BCUT2D eigenvalue weighted by molar-refractivity contribution is 7.83. The largest absolute Gasteiger partial charge is 0.508 e. The number of anilines is 1. The van der Waals surface area contributed by atoms with Crippen LogP contribution in [0.3, 0.4) is 0 Å². The van der Waals surface area contributed by atoms with E-state index in [4.69, 9.17) is 11.6 Å². The second-order valence-corrected chi connectivity index (χ2v) is 6.39. The Kier molecular flexibility index (Phi) is 5.04. The highest BCUT2D eigenvalue weighted by Gasteiger charge is 2.04. The van der Waals surface area contributed by atoms with Gasteiger partial charge >= 0.3 is 0 Å². The molecule has 2 rings (SSSR count). The summed E-state index contributed by atoms with van der Waals surface area (Å²) in [4.78, 5) is 0. The molecule has 20 heavy (non-hydrogen) atoms. The van der Waals surface area contributed by atoms with Gasteiger partial charge in [-0.1, -0.05) is 23.7 Å². The number of benzene rings is 2. The van der Waals surface area contributed by atoms with Gasteiger partial charge in [0.15, 0.2) is 0 Å². The summed E-state index contributed by atoms with van der Waals surface area (Å²) in [5.74, 6) is 0.709. The van der Waals surface area contributed by atoms with Crippen LogP contribution in [0.1, 0.15) is 11.1 Å². The van der Waals surface area contributed by atoms with Crippen LogP contribution < -0.4 is 5.32 Å². The number of hydrogen-bond donors (Lipinski definition) is 2. The average molecular weight is 310 g/mol. The van der Waals surface area contributed by atoms with Gasteiger partial charge in [-0.25, -0.2) is 0 Å². The molecule has 0 aliphatic carbocycles. The molecule has 106 valence electrons. The molecule has 2 aromatic rings. The molecule has 0 fully saturated rings. The lowest BCUT2D eigenvalue weighted by Gasteiger charge is -2.10. The van der Waals surface area contributed by atoms with E-state index in [1.54, 1.807) is 18.4 Å². The van der Waals surface area contributed by atoms with Crippen molar-refractivity contribution in [3.05, 3.63) is 58.6 Å². The van der Waals surface area contributed by atoms with Crippen LogP contribution in [-0.4, -0.2) is 15.6 Å². The van der Waals surface area contributed by atoms with Gasteiger partial charge in [0.05, 0.1) is 0 Å². The summed E-state index contributed by atoms with van der Waals surface area (Å²) >= 11 is 6.08. The number of phenols is 1. The molecule has 0 radical (unpaired) electrons. The lowest BCUT2D eigenvalue weighted by molar-refractivity contribution is 0.475. The van der Waals surface area contributed by atoms with E-state index in [1.807, 2.05) is 30.3 Å². The van der Waals surface area contributed by atoms with E-state index in [-0.39, 0.29) is 5.75 Å². The Morgan fingerprint density at radius 2 is 1.90 bits per heavy atom. The molecule has 0 amide bonds. The maximum atomic E-state index is 11.3. The first-order valence-electron chi connectivity index (χ1n) is 6.15. The Morgan fingerprint density at radius 3 is 2.55 bits per heavy atom. The Bertz CT molecular complexity index is 614. The van der Waals surface area contributed by atoms with E-state index in [0.717, 1.165) is 16.8 Å². The minimum Gasteiger partial charge on any atom is -0.508 e. The second kappa shape index (κ2) is 6.77. The van der Waals surface area contributed by atoms with Crippen molar-refractivity contribution in [1.29, 1.82) is 0 Å². The molecule has 5 heteroatoms. The molecule has 0 bridgehead atoms. The second-order valence-electron chi connectivity index (χ2n) is 4.54. The van der Waals surface area contributed by atoms with Crippen molar-refractivity contribution in [1.82, 2.24) is 0 Å². The monoisotopic (exact) mass is 309 g/mol. The number of phenolic OH excluding ortho intramolecular Hbond substituents is 1. The van der Waals surface area contributed by atoms with Crippen LogP contribution in [0.25, 0.3) is 0 Å². The maximum absolute atomic E-state index is 11.3. The highest BCUT2D eigenvalue weighted by Crippen LogP contribution is 2.22. The first kappa shape index (κ1) is 14.9. The third kappa shape index (κ3) is 4.25. The van der Waals surface area contributed by atoms with Crippen molar-refractivity contribution in [3.63, 3.8) is 0 Å². The van der Waals surface area contributed by atoms with Gasteiger partial charge in [0.2, 0.25) is 0 Å². The zero-order valence-corrected chi connectivity index (χ0v) is 12.7. The Morgan fingerprint density at radius 1 is 1.20 bits per heavy atom. The van der Waals surface area contributed by atoms with Gasteiger partial charge in [-0.2, -0.15) is 0 Å². The molecule has 1 atom stereocenters. The first-order valence-corrected chi connectivity index (χ1v) is 8.25. The smallest absolute Gasteiger partial charge is 0.115 e. The first-order chi connectivity index (χ1) is 9.54. The fourth-order valence-electron chi connectivity index (χ4n) is 1.83. The van der Waals surface area contributed by atoms with Crippen molar-refractivity contribution in [2.24, 2.45) is 0 Å². The molecule has 2 N–H and O–H groups in total. The zero-order chi connectivity index (χ0) is 14.5. The third-order valence-corrected chi connectivity index (χ3v) is 3.92. The molecule has 0 aliphatic rings. The van der Waals surface area contributed by atoms with Crippen LogP contribution >= 0.6 is 11.6 Å². The number of hydrogen-bond acceptors (Lipinski definition) is 3. The molecular formula is C15H16ClNO2S. The quantitative estimate of drug-likeness (QED) is 0.888. The molecule has 2 aromatic carbocycles. The summed E-state index contributed by atoms with van der Waals surface area (Å²) in [5.41, 5.74) is 2.88. The number of rotatable bonds is 5. The topological polar surface area (TPSA) is 49.3 Å². The van der Waals surface area contributed by atoms with Crippen LogP contribution in [0, 0.1) is 0 Å². The van der Waals surface area contributed by atoms with Crippen LogP contribution in [0.4, 0.5) is 5.69 Å². The maximum Gasteiger partial charge on any atom is 0.115 e. The van der Waals surface area contributed by atoms with Crippen LogP contribution in [0.2, 0.25) is 5.02 Å². The zero-order valence-electron chi connectivity index (χ0n) is 11.1. The lowest BCUT2D eigenvalue weighted by Crippen LogP contribution is -2.01. The minimum atomic E-state index is -0.918. The van der Waals surface area contributed by atoms with Crippen molar-refractivity contribution >= 4 is 28.1 Å². The van der Waals surface area contributed by atoms with E-state index in [0.29, 0.717) is 17.3 Å². The van der Waals surface area contributed by atoms with Crippen LogP contribution in [0.15, 0.2) is 42.5 Å². The van der Waals surface area contributed by atoms with Gasteiger partial charge in [0.1, 0.15) is 5.75 Å². The van der Waals surface area contributed by atoms with E-state index >= 15 is 0 Å². The van der Waals surface area contributed by atoms with Gasteiger partial charge in [-0.05, 0) is 41.5 Å². The van der Waals surface area contributed by atoms with Crippen LogP contribution in [-0.2, 0) is 23.1 Å². The molecule has 0 spiro atoms. The van der Waals surface area contributed by atoms with Crippen molar-refractivity contribution in [2.45, 2.75) is 12.3 Å². The average Bonchev–Trinajstić information content (AvgIpc) is 2.41. The highest BCUT2D eigenvalue weighted by atomic mass is 35.5. The molecule has 0 heterocycles. The van der Waals surface area contributed by atoms with Crippen molar-refractivity contribution < 1.29 is 9.32 Å². The van der Waals surface area contributed by atoms with Gasteiger partial charge in [0, 0.05) is 40.1 Å². The minimum absolute atomic E-state index is 0.257. The van der Waals surface area contributed by atoms with E-state index in [9.17, 15) is 9.32 Å². The molecule has 0 saturated carbocycles. The molecule has 0 saturated heterocycles. The summed E-state index contributed by atoms with van der Waals surface area (Å²) in [6.07, 6.45) is 1.66. The van der Waals surface area contributed by atoms with Crippen molar-refractivity contribution in [2.75, 3.05) is 11.6 Å². The van der Waals surface area contributed by atoms with E-state index in [2.05, 4.69) is 5.32 Å². The fourth-order valence-corrected chi connectivity index (χ4v) is 2.77. The Labute approximate surface area is 126 Å². The molecule has 3 nitrogen and oxygen atoms in total. The Balaban J connectivity index is 2.06. The molecule has 0 aromatic heterocycles. The van der Waals surface area contributed by atoms with E-state index < -0.39 is 10.8 Å². The number of nitrogens with one attached hydrogen (secondary N) is 1. The van der Waals surface area contributed by atoms with Crippen molar-refractivity contribution in [3.8, 4) is 5.75 Å². The predicted molar refractivity (Wildman–Crippen MR) is 84.7 cm³/mol. The summed E-state index contributed by atoms with van der Waals surface area (Å²) in [6, 6.07) is 12.7. The molecular weight excluding hydrogens is 294 g/mol. The van der Waals surface area contributed by atoms with Gasteiger partial charge in [-0.3, -0.25) is 4.21 Å². The summed E-state index contributed by atoms with van der Waals surface area (Å²) in [5, 5.41) is 13.1. The SMILES string of the molecule is CS(=O)Cc1cc(NCc2ccc(O)cc2)ccc1Cl. The summed E-state index contributed by atoms with van der Waals surface area (Å²) < 4.78 is 11.3. The summed E-state index contributed by atoms with van der Waals surface area (Å²) in [7, 11) is -0.918. The normalized spacial score (nSPS) is 12.1. The third-order valence-electron chi connectivity index (χ3n) is 2.84.